The maximum absolute atomic E-state index is 12.4. The van der Waals surface area contributed by atoms with Crippen molar-refractivity contribution >= 4 is 22.8 Å². The second-order valence-electron chi connectivity index (χ2n) is 5.71. The molecule has 3 N–H and O–H groups in total. The first kappa shape index (κ1) is 17.3. The summed E-state index contributed by atoms with van der Waals surface area (Å²) in [7, 11) is 1.53. The van der Waals surface area contributed by atoms with Crippen molar-refractivity contribution in [1.29, 1.82) is 0 Å². The molecule has 1 heterocycles. The number of para-hydroxylation sites is 1. The van der Waals surface area contributed by atoms with Gasteiger partial charge in [0.1, 0.15) is 23.1 Å². The number of ether oxygens (including phenoxy) is 1. The highest BCUT2D eigenvalue weighted by molar-refractivity contribution is 5.98. The summed E-state index contributed by atoms with van der Waals surface area (Å²) >= 11 is 0. The van der Waals surface area contributed by atoms with Crippen molar-refractivity contribution in [2.24, 2.45) is 0 Å². The lowest BCUT2D eigenvalue weighted by Crippen LogP contribution is -2.42. The van der Waals surface area contributed by atoms with Crippen molar-refractivity contribution in [1.82, 2.24) is 5.32 Å². The molecule has 0 unspecified atom stereocenters. The molecule has 0 aliphatic rings. The third-order valence-electron chi connectivity index (χ3n) is 3.97. The van der Waals surface area contributed by atoms with E-state index in [1.165, 1.54) is 19.2 Å². The van der Waals surface area contributed by atoms with Crippen LogP contribution < -0.4 is 10.1 Å². The Morgan fingerprint density at radius 2 is 1.96 bits per heavy atom. The zero-order valence-corrected chi connectivity index (χ0v) is 13.9. The summed E-state index contributed by atoms with van der Waals surface area (Å²) in [6.45, 7) is 0. The Bertz CT molecular complexity index is 962. The number of methoxy groups -OCH3 is 1. The predicted octanol–water partition coefficient (Wildman–Crippen LogP) is 2.57. The molecule has 0 saturated heterocycles. The van der Waals surface area contributed by atoms with E-state index in [-0.39, 0.29) is 17.9 Å². The van der Waals surface area contributed by atoms with Gasteiger partial charge in [0.2, 0.25) is 0 Å². The number of carbonyl (C=O) groups is 2. The van der Waals surface area contributed by atoms with Gasteiger partial charge in [0, 0.05) is 11.8 Å². The fraction of sp³-hybridized carbons (Fsp3) is 0.158. The smallest absolute Gasteiger partial charge is 0.326 e. The number of nitrogens with one attached hydrogen (secondary N) is 1. The molecule has 0 fully saturated rings. The lowest BCUT2D eigenvalue weighted by Gasteiger charge is -2.14. The van der Waals surface area contributed by atoms with Gasteiger partial charge in [0.05, 0.1) is 7.11 Å². The quantitative estimate of drug-likeness (QED) is 0.627. The van der Waals surface area contributed by atoms with Crippen LogP contribution in [0.1, 0.15) is 16.1 Å². The van der Waals surface area contributed by atoms with E-state index < -0.39 is 17.9 Å². The molecule has 7 heteroatoms. The molecule has 0 aliphatic carbocycles. The Labute approximate surface area is 148 Å². The van der Waals surface area contributed by atoms with Crippen molar-refractivity contribution < 1.29 is 29.0 Å². The number of amides is 1. The molecule has 0 aliphatic heterocycles. The molecule has 3 aromatic rings. The van der Waals surface area contributed by atoms with Crippen LogP contribution in [0.15, 0.2) is 52.9 Å². The van der Waals surface area contributed by atoms with Crippen LogP contribution in [0.4, 0.5) is 0 Å². The van der Waals surface area contributed by atoms with Crippen LogP contribution in [0.25, 0.3) is 11.0 Å². The summed E-state index contributed by atoms with van der Waals surface area (Å²) in [5, 5.41) is 22.3. The standard InChI is InChI=1S/C19H17NO6/c1-25-13-6-7-16-12(8-13)10-17(26-16)18(22)20-14(19(23)24)9-11-4-2-3-5-15(11)21/h2-8,10,14,21H,9H2,1H3,(H,20,22)(H,23,24)/t14-/m0/s1. The first-order chi connectivity index (χ1) is 12.5. The zero-order valence-electron chi connectivity index (χ0n) is 13.9. The number of hydrogen-bond acceptors (Lipinski definition) is 5. The average Bonchev–Trinajstić information content (AvgIpc) is 3.06. The van der Waals surface area contributed by atoms with E-state index >= 15 is 0 Å². The molecule has 0 radical (unpaired) electrons. The second kappa shape index (κ2) is 7.18. The van der Waals surface area contributed by atoms with Crippen LogP contribution >= 0.6 is 0 Å². The van der Waals surface area contributed by atoms with E-state index in [2.05, 4.69) is 5.32 Å². The molecule has 3 rings (SSSR count). The van der Waals surface area contributed by atoms with Crippen molar-refractivity contribution in [3.05, 3.63) is 59.9 Å². The number of aromatic hydroxyl groups is 1. The fourth-order valence-electron chi connectivity index (χ4n) is 2.59. The van der Waals surface area contributed by atoms with Crippen LogP contribution in [-0.2, 0) is 11.2 Å². The number of carboxylic acids is 1. The van der Waals surface area contributed by atoms with Gasteiger partial charge in [-0.15, -0.1) is 0 Å². The number of phenolic OH excluding ortho intramolecular Hbond substituents is 1. The Hall–Kier alpha value is -3.48. The number of rotatable bonds is 6. The van der Waals surface area contributed by atoms with Crippen LogP contribution in [0.2, 0.25) is 0 Å². The minimum atomic E-state index is -1.21. The number of aliphatic carboxylic acids is 1. The molecule has 1 atom stereocenters. The number of carboxylic acid groups (broad SMARTS) is 1. The molecular weight excluding hydrogens is 338 g/mol. The van der Waals surface area contributed by atoms with Gasteiger partial charge in [0.15, 0.2) is 5.76 Å². The second-order valence-corrected chi connectivity index (χ2v) is 5.71. The van der Waals surface area contributed by atoms with Crippen molar-refractivity contribution in [3.63, 3.8) is 0 Å². The van der Waals surface area contributed by atoms with Crippen LogP contribution in [0.5, 0.6) is 11.5 Å². The van der Waals surface area contributed by atoms with E-state index in [0.717, 1.165) is 0 Å². The highest BCUT2D eigenvalue weighted by atomic mass is 16.5. The largest absolute Gasteiger partial charge is 0.508 e. The summed E-state index contributed by atoms with van der Waals surface area (Å²) < 4.78 is 10.6. The summed E-state index contributed by atoms with van der Waals surface area (Å²) in [5.41, 5.74) is 0.915. The zero-order chi connectivity index (χ0) is 18.7. The first-order valence-electron chi connectivity index (χ1n) is 7.86. The summed E-state index contributed by atoms with van der Waals surface area (Å²) in [6.07, 6.45) is -0.0538. The lowest BCUT2D eigenvalue weighted by molar-refractivity contribution is -0.139. The maximum Gasteiger partial charge on any atom is 0.326 e. The monoisotopic (exact) mass is 355 g/mol. The molecule has 0 spiro atoms. The molecule has 1 aromatic heterocycles. The van der Waals surface area contributed by atoms with Crippen LogP contribution in [0.3, 0.4) is 0 Å². The predicted molar refractivity (Wildman–Crippen MR) is 93.5 cm³/mol. The summed E-state index contributed by atoms with van der Waals surface area (Å²) in [5.74, 6) is -1.27. The van der Waals surface area contributed by atoms with Crippen LogP contribution in [0, 0.1) is 0 Å². The van der Waals surface area contributed by atoms with E-state index in [9.17, 15) is 19.8 Å². The normalized spacial score (nSPS) is 11.9. The Balaban J connectivity index is 1.80. The van der Waals surface area contributed by atoms with Gasteiger partial charge in [-0.1, -0.05) is 18.2 Å². The minimum absolute atomic E-state index is 0.00298. The number of carbonyl (C=O) groups excluding carboxylic acids is 1. The van der Waals surface area contributed by atoms with E-state index in [1.54, 1.807) is 36.4 Å². The van der Waals surface area contributed by atoms with Crippen molar-refractivity contribution in [2.75, 3.05) is 7.11 Å². The highest BCUT2D eigenvalue weighted by Gasteiger charge is 2.24. The Morgan fingerprint density at radius 3 is 2.65 bits per heavy atom. The third kappa shape index (κ3) is 3.61. The van der Waals surface area contributed by atoms with Gasteiger partial charge in [0.25, 0.3) is 5.91 Å². The average molecular weight is 355 g/mol. The van der Waals surface area contributed by atoms with Crippen molar-refractivity contribution in [2.45, 2.75) is 12.5 Å². The van der Waals surface area contributed by atoms with Gasteiger partial charge in [-0.25, -0.2) is 4.79 Å². The molecule has 2 aromatic carbocycles. The number of furan rings is 1. The Morgan fingerprint density at radius 1 is 1.19 bits per heavy atom. The number of hydrogen-bond donors (Lipinski definition) is 3. The molecule has 7 nitrogen and oxygen atoms in total. The molecule has 1 amide bonds. The van der Waals surface area contributed by atoms with Gasteiger partial charge >= 0.3 is 5.97 Å². The Kier molecular flexibility index (Phi) is 4.79. The first-order valence-corrected chi connectivity index (χ1v) is 7.86. The van der Waals surface area contributed by atoms with E-state index in [0.29, 0.717) is 22.3 Å². The highest BCUT2D eigenvalue weighted by Crippen LogP contribution is 2.24. The molecule has 0 bridgehead atoms. The van der Waals surface area contributed by atoms with Gasteiger partial charge in [-0.2, -0.15) is 0 Å². The number of fused-ring (bicyclic) bond motifs is 1. The minimum Gasteiger partial charge on any atom is -0.508 e. The van der Waals surface area contributed by atoms with Gasteiger partial charge in [-0.05, 0) is 35.9 Å². The topological polar surface area (TPSA) is 109 Å². The summed E-state index contributed by atoms with van der Waals surface area (Å²) in [6, 6.07) is 11.8. The lowest BCUT2D eigenvalue weighted by atomic mass is 10.0. The fourth-order valence-corrected chi connectivity index (χ4v) is 2.59. The van der Waals surface area contributed by atoms with E-state index in [1.807, 2.05) is 0 Å². The third-order valence-corrected chi connectivity index (χ3v) is 3.97. The maximum atomic E-state index is 12.4. The van der Waals surface area contributed by atoms with Gasteiger partial charge in [-0.3, -0.25) is 4.79 Å². The van der Waals surface area contributed by atoms with E-state index in [4.69, 9.17) is 9.15 Å². The van der Waals surface area contributed by atoms with Crippen molar-refractivity contribution in [3.8, 4) is 11.5 Å². The number of phenols is 1. The van der Waals surface area contributed by atoms with Gasteiger partial charge < -0.3 is 24.7 Å². The molecule has 26 heavy (non-hydrogen) atoms. The SMILES string of the molecule is COc1ccc2oc(C(=O)N[C@@H](Cc3ccccc3O)C(=O)O)cc2c1. The molecule has 134 valence electrons. The molecular formula is C19H17NO6. The molecule has 0 saturated carbocycles. The summed E-state index contributed by atoms with van der Waals surface area (Å²) in [4.78, 5) is 23.9. The van der Waals surface area contributed by atoms with Crippen LogP contribution in [-0.4, -0.2) is 35.2 Å². The number of benzene rings is 2.